The SMILES string of the molecule is Cc1ccc(-n2nc(C)cc2NC(=O)CN(C)Cc2ccc3c(c2)OCO3)cc1. The number of nitrogens with one attached hydrogen (secondary N) is 1. The molecule has 0 aliphatic carbocycles. The van der Waals surface area contributed by atoms with Gasteiger partial charge in [-0.1, -0.05) is 23.8 Å². The summed E-state index contributed by atoms with van der Waals surface area (Å²) < 4.78 is 12.5. The molecular formula is C22H24N4O3. The molecule has 0 fully saturated rings. The highest BCUT2D eigenvalue weighted by Crippen LogP contribution is 2.32. The van der Waals surface area contributed by atoms with Crippen LogP contribution < -0.4 is 14.8 Å². The quantitative estimate of drug-likeness (QED) is 0.697. The highest BCUT2D eigenvalue weighted by molar-refractivity contribution is 5.91. The molecule has 0 saturated carbocycles. The zero-order chi connectivity index (χ0) is 20.4. The number of rotatable bonds is 6. The number of hydrogen-bond donors (Lipinski definition) is 1. The number of anilines is 1. The molecule has 0 radical (unpaired) electrons. The first-order valence-corrected chi connectivity index (χ1v) is 9.48. The van der Waals surface area contributed by atoms with Crippen molar-refractivity contribution < 1.29 is 14.3 Å². The average Bonchev–Trinajstić information content (AvgIpc) is 3.28. The molecule has 1 aliphatic rings. The molecule has 29 heavy (non-hydrogen) atoms. The lowest BCUT2D eigenvalue weighted by Crippen LogP contribution is -2.30. The van der Waals surface area contributed by atoms with E-state index in [1.807, 2.05) is 74.3 Å². The second-order valence-electron chi connectivity index (χ2n) is 7.33. The minimum Gasteiger partial charge on any atom is -0.454 e. The van der Waals surface area contributed by atoms with Crippen molar-refractivity contribution in [2.24, 2.45) is 0 Å². The lowest BCUT2D eigenvalue weighted by atomic mass is 10.2. The smallest absolute Gasteiger partial charge is 0.239 e. The van der Waals surface area contributed by atoms with E-state index in [0.717, 1.165) is 28.4 Å². The number of nitrogens with zero attached hydrogens (tertiary/aromatic N) is 3. The number of ether oxygens (including phenoxy) is 2. The highest BCUT2D eigenvalue weighted by atomic mass is 16.7. The largest absolute Gasteiger partial charge is 0.454 e. The van der Waals surface area contributed by atoms with E-state index in [1.165, 1.54) is 5.56 Å². The fourth-order valence-corrected chi connectivity index (χ4v) is 3.31. The molecule has 0 atom stereocenters. The fraction of sp³-hybridized carbons (Fsp3) is 0.273. The minimum atomic E-state index is -0.0958. The van der Waals surface area contributed by atoms with Gasteiger partial charge in [-0.3, -0.25) is 9.69 Å². The fourth-order valence-electron chi connectivity index (χ4n) is 3.31. The Bertz CT molecular complexity index is 1030. The maximum absolute atomic E-state index is 12.6. The van der Waals surface area contributed by atoms with Crippen LogP contribution in [0.2, 0.25) is 0 Å². The molecule has 150 valence electrons. The zero-order valence-corrected chi connectivity index (χ0v) is 16.8. The van der Waals surface area contributed by atoms with Gasteiger partial charge >= 0.3 is 0 Å². The Morgan fingerprint density at radius 3 is 2.66 bits per heavy atom. The number of aryl methyl sites for hydroxylation is 2. The van der Waals surface area contributed by atoms with E-state index in [1.54, 1.807) is 4.68 Å². The molecule has 4 rings (SSSR count). The van der Waals surface area contributed by atoms with Crippen molar-refractivity contribution in [1.82, 2.24) is 14.7 Å². The number of aromatic nitrogens is 2. The monoisotopic (exact) mass is 392 g/mol. The van der Waals surface area contributed by atoms with Crippen molar-refractivity contribution in [3.63, 3.8) is 0 Å². The van der Waals surface area contributed by atoms with E-state index in [2.05, 4.69) is 10.4 Å². The van der Waals surface area contributed by atoms with Crippen molar-refractivity contribution in [2.45, 2.75) is 20.4 Å². The standard InChI is InChI=1S/C22H24N4O3/c1-15-4-7-18(8-5-15)26-21(10-16(2)24-26)23-22(27)13-25(3)12-17-6-9-19-20(11-17)29-14-28-19/h4-11H,12-14H2,1-3H3,(H,23,27). The molecule has 0 unspecified atom stereocenters. The second kappa shape index (κ2) is 7.97. The Hall–Kier alpha value is -3.32. The minimum absolute atomic E-state index is 0.0958. The maximum atomic E-state index is 12.6. The number of fused-ring (bicyclic) bond motifs is 1. The van der Waals surface area contributed by atoms with Crippen LogP contribution >= 0.6 is 0 Å². The third-order valence-corrected chi connectivity index (χ3v) is 4.68. The van der Waals surface area contributed by atoms with E-state index >= 15 is 0 Å². The molecule has 1 aromatic heterocycles. The van der Waals surface area contributed by atoms with Gasteiger partial charge in [0.15, 0.2) is 11.5 Å². The van der Waals surface area contributed by atoms with Crippen LogP contribution in [0, 0.1) is 13.8 Å². The number of likely N-dealkylation sites (N-methyl/N-ethyl adjacent to an activating group) is 1. The molecule has 7 nitrogen and oxygen atoms in total. The second-order valence-corrected chi connectivity index (χ2v) is 7.33. The molecule has 3 aromatic rings. The Balaban J connectivity index is 1.40. The summed E-state index contributed by atoms with van der Waals surface area (Å²) in [7, 11) is 1.91. The Morgan fingerprint density at radius 1 is 1.10 bits per heavy atom. The number of hydrogen-bond acceptors (Lipinski definition) is 5. The lowest BCUT2D eigenvalue weighted by Gasteiger charge is -2.17. The Labute approximate surface area is 169 Å². The molecule has 0 bridgehead atoms. The average molecular weight is 392 g/mol. The van der Waals surface area contributed by atoms with Crippen LogP contribution in [0.1, 0.15) is 16.8 Å². The van der Waals surface area contributed by atoms with Crippen LogP contribution in [0.5, 0.6) is 11.5 Å². The third-order valence-electron chi connectivity index (χ3n) is 4.68. The summed E-state index contributed by atoms with van der Waals surface area (Å²) in [4.78, 5) is 14.6. The topological polar surface area (TPSA) is 68.6 Å². The van der Waals surface area contributed by atoms with E-state index < -0.39 is 0 Å². The zero-order valence-electron chi connectivity index (χ0n) is 16.8. The van der Waals surface area contributed by atoms with Crippen molar-refractivity contribution in [1.29, 1.82) is 0 Å². The molecule has 2 heterocycles. The summed E-state index contributed by atoms with van der Waals surface area (Å²) in [6.45, 7) is 5.08. The molecule has 1 aliphatic heterocycles. The van der Waals surface area contributed by atoms with Crippen molar-refractivity contribution in [3.05, 3.63) is 65.4 Å². The normalized spacial score (nSPS) is 12.4. The lowest BCUT2D eigenvalue weighted by molar-refractivity contribution is -0.117. The van der Waals surface area contributed by atoms with Crippen LogP contribution in [0.25, 0.3) is 5.69 Å². The molecule has 1 amide bonds. The van der Waals surface area contributed by atoms with Gasteiger partial charge in [0.05, 0.1) is 17.9 Å². The predicted octanol–water partition coefficient (Wildman–Crippen LogP) is 3.29. The van der Waals surface area contributed by atoms with Gasteiger partial charge in [0.1, 0.15) is 5.82 Å². The molecular weight excluding hydrogens is 368 g/mol. The molecule has 7 heteroatoms. The maximum Gasteiger partial charge on any atom is 0.239 e. The Kier molecular flexibility index (Phi) is 5.22. The van der Waals surface area contributed by atoms with Gasteiger partial charge in [-0.25, -0.2) is 4.68 Å². The highest BCUT2D eigenvalue weighted by Gasteiger charge is 2.16. The van der Waals surface area contributed by atoms with Gasteiger partial charge < -0.3 is 14.8 Å². The van der Waals surface area contributed by atoms with Gasteiger partial charge in [0.2, 0.25) is 12.7 Å². The predicted molar refractivity (Wildman–Crippen MR) is 111 cm³/mol. The van der Waals surface area contributed by atoms with Crippen molar-refractivity contribution >= 4 is 11.7 Å². The molecule has 2 aromatic carbocycles. The first-order chi connectivity index (χ1) is 14.0. The molecule has 0 saturated heterocycles. The van der Waals surface area contributed by atoms with Gasteiger partial charge in [0, 0.05) is 12.6 Å². The summed E-state index contributed by atoms with van der Waals surface area (Å²) in [5.74, 6) is 2.07. The van der Waals surface area contributed by atoms with Crippen LogP contribution in [0.15, 0.2) is 48.5 Å². The van der Waals surface area contributed by atoms with E-state index in [0.29, 0.717) is 12.4 Å². The summed E-state index contributed by atoms with van der Waals surface area (Å²) >= 11 is 0. The number of carbonyl (C=O) groups excluding carboxylic acids is 1. The van der Waals surface area contributed by atoms with Crippen LogP contribution in [0.3, 0.4) is 0 Å². The first-order valence-electron chi connectivity index (χ1n) is 9.48. The summed E-state index contributed by atoms with van der Waals surface area (Å²) in [5, 5.41) is 7.48. The van der Waals surface area contributed by atoms with E-state index in [9.17, 15) is 4.79 Å². The summed E-state index contributed by atoms with van der Waals surface area (Å²) in [5.41, 5.74) is 3.99. The van der Waals surface area contributed by atoms with Crippen molar-refractivity contribution in [2.75, 3.05) is 25.7 Å². The van der Waals surface area contributed by atoms with Gasteiger partial charge in [0.25, 0.3) is 0 Å². The molecule has 1 N–H and O–H groups in total. The van der Waals surface area contributed by atoms with Crippen LogP contribution in [-0.4, -0.2) is 41.0 Å². The van der Waals surface area contributed by atoms with E-state index in [-0.39, 0.29) is 19.2 Å². The van der Waals surface area contributed by atoms with Gasteiger partial charge in [-0.2, -0.15) is 5.10 Å². The number of amides is 1. The Morgan fingerprint density at radius 2 is 1.86 bits per heavy atom. The number of carbonyl (C=O) groups is 1. The first kappa shape index (κ1) is 19.0. The van der Waals surface area contributed by atoms with Crippen LogP contribution in [0.4, 0.5) is 5.82 Å². The molecule has 0 spiro atoms. The van der Waals surface area contributed by atoms with Crippen molar-refractivity contribution in [3.8, 4) is 17.2 Å². The van der Waals surface area contributed by atoms with Crippen LogP contribution in [-0.2, 0) is 11.3 Å². The summed E-state index contributed by atoms with van der Waals surface area (Å²) in [6.07, 6.45) is 0. The van der Waals surface area contributed by atoms with Gasteiger partial charge in [-0.05, 0) is 50.7 Å². The summed E-state index contributed by atoms with van der Waals surface area (Å²) in [6, 6.07) is 15.7. The van der Waals surface area contributed by atoms with E-state index in [4.69, 9.17) is 9.47 Å². The number of benzene rings is 2. The van der Waals surface area contributed by atoms with Gasteiger partial charge in [-0.15, -0.1) is 0 Å². The third kappa shape index (κ3) is 4.41.